The summed E-state index contributed by atoms with van der Waals surface area (Å²) >= 11 is 0. The van der Waals surface area contributed by atoms with Crippen molar-refractivity contribution in [1.29, 1.82) is 0 Å². The summed E-state index contributed by atoms with van der Waals surface area (Å²) in [6, 6.07) is 0. The van der Waals surface area contributed by atoms with Gasteiger partial charge in [-0.2, -0.15) is 0 Å². The Morgan fingerprint density at radius 2 is 1.30 bits per heavy atom. The molecule has 0 aliphatic carbocycles. The molecule has 0 saturated heterocycles. The van der Waals surface area contributed by atoms with E-state index in [0.717, 1.165) is 0 Å². The number of aliphatic carboxylic acids is 1. The van der Waals surface area contributed by atoms with Crippen LogP contribution in [0.25, 0.3) is 0 Å². The van der Waals surface area contributed by atoms with E-state index < -0.39 is 11.4 Å². The average molecular weight is 198 g/mol. The van der Waals surface area contributed by atoms with Gasteiger partial charge in [-0.3, -0.25) is 4.79 Å². The van der Waals surface area contributed by atoms with Gasteiger partial charge < -0.3 is 5.11 Å². The molecule has 3 heteroatoms. The van der Waals surface area contributed by atoms with Crippen molar-refractivity contribution >= 4 is 5.97 Å². The molecule has 0 amide bonds. The minimum absolute atomic E-state index is 0. The van der Waals surface area contributed by atoms with Gasteiger partial charge in [0.2, 0.25) is 0 Å². The van der Waals surface area contributed by atoms with Gasteiger partial charge in [-0.05, 0) is 20.8 Å². The molecule has 0 radical (unpaired) electrons. The van der Waals surface area contributed by atoms with E-state index in [9.17, 15) is 4.79 Å². The Balaban J connectivity index is -0.000000149. The molecule has 0 rings (SSSR count). The molecular formula is C7H16O2Zn. The van der Waals surface area contributed by atoms with Gasteiger partial charge >= 0.3 is 5.97 Å². The van der Waals surface area contributed by atoms with E-state index in [-0.39, 0.29) is 19.5 Å². The predicted molar refractivity (Wildman–Crippen MR) is 38.4 cm³/mol. The van der Waals surface area contributed by atoms with Gasteiger partial charge in [0, 0.05) is 19.5 Å². The van der Waals surface area contributed by atoms with Crippen LogP contribution in [0.1, 0.15) is 34.6 Å². The first-order valence-electron chi connectivity index (χ1n) is 3.18. The normalized spacial score (nSPS) is 8.50. The molecule has 0 fully saturated rings. The zero-order valence-electron chi connectivity index (χ0n) is 7.56. The predicted octanol–water partition coefficient (Wildman–Crippen LogP) is 2.14. The smallest absolute Gasteiger partial charge is 0.308 e. The molecule has 0 bridgehead atoms. The second-order valence-electron chi connectivity index (χ2n) is 2.56. The second kappa shape index (κ2) is 7.20. The van der Waals surface area contributed by atoms with E-state index >= 15 is 0 Å². The van der Waals surface area contributed by atoms with Crippen LogP contribution in [-0.2, 0) is 24.3 Å². The average Bonchev–Trinajstić information content (AvgIpc) is 1.69. The summed E-state index contributed by atoms with van der Waals surface area (Å²) in [5.41, 5.74) is -0.583. The summed E-state index contributed by atoms with van der Waals surface area (Å²) < 4.78 is 0. The van der Waals surface area contributed by atoms with E-state index in [1.54, 1.807) is 20.8 Å². The van der Waals surface area contributed by atoms with Gasteiger partial charge in [0.25, 0.3) is 0 Å². The van der Waals surface area contributed by atoms with Gasteiger partial charge in [-0.1, -0.05) is 13.8 Å². The molecule has 58 valence electrons. The number of carboxylic acid groups (broad SMARTS) is 1. The van der Waals surface area contributed by atoms with Crippen LogP contribution in [0.5, 0.6) is 0 Å². The maximum Gasteiger partial charge on any atom is 0.308 e. The second-order valence-corrected chi connectivity index (χ2v) is 2.56. The fourth-order valence-electron chi connectivity index (χ4n) is 0. The Morgan fingerprint density at radius 3 is 1.30 bits per heavy atom. The van der Waals surface area contributed by atoms with Crippen LogP contribution in [0, 0.1) is 5.41 Å². The molecule has 0 heterocycles. The van der Waals surface area contributed by atoms with Crippen molar-refractivity contribution in [3.05, 3.63) is 0 Å². The quantitative estimate of drug-likeness (QED) is 0.604. The first-order valence-corrected chi connectivity index (χ1v) is 3.18. The van der Waals surface area contributed by atoms with Crippen molar-refractivity contribution in [2.75, 3.05) is 0 Å². The third-order valence-electron chi connectivity index (χ3n) is 0.642. The molecule has 2 nitrogen and oxygen atoms in total. The number of carbonyl (C=O) groups is 1. The standard InChI is InChI=1S/C5H10O2.C2H6.Zn/c1-5(2,3)4(6)7;1-2;/h1-3H3,(H,6,7);1-2H3;. The van der Waals surface area contributed by atoms with E-state index in [2.05, 4.69) is 0 Å². The van der Waals surface area contributed by atoms with Crippen LogP contribution in [-0.4, -0.2) is 11.1 Å². The van der Waals surface area contributed by atoms with Crippen molar-refractivity contribution in [2.45, 2.75) is 34.6 Å². The van der Waals surface area contributed by atoms with Gasteiger partial charge in [0.1, 0.15) is 0 Å². The summed E-state index contributed by atoms with van der Waals surface area (Å²) in [4.78, 5) is 10.0. The van der Waals surface area contributed by atoms with Crippen molar-refractivity contribution in [3.63, 3.8) is 0 Å². The van der Waals surface area contributed by atoms with E-state index in [1.165, 1.54) is 0 Å². The number of carboxylic acids is 1. The molecule has 0 aliphatic rings. The van der Waals surface area contributed by atoms with Crippen LogP contribution in [0.3, 0.4) is 0 Å². The van der Waals surface area contributed by atoms with Gasteiger partial charge in [0.05, 0.1) is 5.41 Å². The maximum absolute atomic E-state index is 10.0. The van der Waals surface area contributed by atoms with E-state index in [0.29, 0.717) is 0 Å². The third-order valence-corrected chi connectivity index (χ3v) is 0.642. The molecule has 0 spiro atoms. The fourth-order valence-corrected chi connectivity index (χ4v) is 0. The van der Waals surface area contributed by atoms with Crippen molar-refractivity contribution in [1.82, 2.24) is 0 Å². The van der Waals surface area contributed by atoms with Crippen molar-refractivity contribution in [2.24, 2.45) is 5.41 Å². The molecule has 0 aromatic heterocycles. The molecular weight excluding hydrogens is 181 g/mol. The Hall–Kier alpha value is 0.0934. The number of hydrogen-bond donors (Lipinski definition) is 1. The molecule has 0 saturated carbocycles. The third kappa shape index (κ3) is 11.0. The topological polar surface area (TPSA) is 37.3 Å². The van der Waals surface area contributed by atoms with E-state index in [4.69, 9.17) is 5.11 Å². The maximum atomic E-state index is 10.0. The van der Waals surface area contributed by atoms with Crippen LogP contribution in [0.15, 0.2) is 0 Å². The Morgan fingerprint density at radius 1 is 1.20 bits per heavy atom. The first kappa shape index (κ1) is 16.6. The zero-order valence-corrected chi connectivity index (χ0v) is 10.5. The summed E-state index contributed by atoms with van der Waals surface area (Å²) in [6.07, 6.45) is 0. The SMILES string of the molecule is CC.CC(C)(C)C(=O)O.[Zn]. The Labute approximate surface area is 75.8 Å². The summed E-state index contributed by atoms with van der Waals surface area (Å²) in [7, 11) is 0. The van der Waals surface area contributed by atoms with Gasteiger partial charge in [-0.25, -0.2) is 0 Å². The van der Waals surface area contributed by atoms with Crippen molar-refractivity contribution in [3.8, 4) is 0 Å². The monoisotopic (exact) mass is 196 g/mol. The molecule has 0 atom stereocenters. The van der Waals surface area contributed by atoms with E-state index in [1.807, 2.05) is 13.8 Å². The Kier molecular flexibility index (Phi) is 11.9. The molecule has 0 aliphatic heterocycles. The summed E-state index contributed by atoms with van der Waals surface area (Å²) in [5.74, 6) is -0.757. The minimum Gasteiger partial charge on any atom is -0.481 e. The Bertz CT molecular complexity index is 84.1. The zero-order chi connectivity index (χ0) is 8.08. The van der Waals surface area contributed by atoms with Gasteiger partial charge in [0.15, 0.2) is 0 Å². The first-order chi connectivity index (χ1) is 3.94. The number of rotatable bonds is 0. The molecule has 10 heavy (non-hydrogen) atoms. The minimum atomic E-state index is -0.757. The molecule has 0 aromatic carbocycles. The largest absolute Gasteiger partial charge is 0.481 e. The molecule has 0 aromatic rings. The van der Waals surface area contributed by atoms with Crippen LogP contribution < -0.4 is 0 Å². The van der Waals surface area contributed by atoms with Crippen molar-refractivity contribution < 1.29 is 29.4 Å². The molecule has 1 N–H and O–H groups in total. The van der Waals surface area contributed by atoms with Crippen LogP contribution in [0.2, 0.25) is 0 Å². The van der Waals surface area contributed by atoms with Gasteiger partial charge in [-0.15, -0.1) is 0 Å². The van der Waals surface area contributed by atoms with Crippen LogP contribution >= 0.6 is 0 Å². The molecule has 0 unspecified atom stereocenters. The van der Waals surface area contributed by atoms with Crippen LogP contribution in [0.4, 0.5) is 0 Å². The summed E-state index contributed by atoms with van der Waals surface area (Å²) in [6.45, 7) is 8.99. The summed E-state index contributed by atoms with van der Waals surface area (Å²) in [5, 5.41) is 8.25. The number of hydrogen-bond acceptors (Lipinski definition) is 1. The fraction of sp³-hybridized carbons (Fsp3) is 0.857.